The number of rotatable bonds is 3. The normalized spacial score (nSPS) is 32.3. The van der Waals surface area contributed by atoms with Gasteiger partial charge in [0.1, 0.15) is 5.82 Å². The molecule has 1 aromatic rings. The van der Waals surface area contributed by atoms with Crippen LogP contribution in [0.5, 0.6) is 0 Å². The van der Waals surface area contributed by atoms with Gasteiger partial charge in [-0.3, -0.25) is 5.10 Å². The number of hydrogen-bond donors (Lipinski definition) is 3. The third-order valence-electron chi connectivity index (χ3n) is 4.13. The summed E-state index contributed by atoms with van der Waals surface area (Å²) < 4.78 is 0. The fourth-order valence-electron chi connectivity index (χ4n) is 2.84. The molecule has 0 radical (unpaired) electrons. The maximum Gasteiger partial charge on any atom is 0.244 e. The molecule has 3 rings (SSSR count). The topological polar surface area (TPSA) is 91.1 Å². The van der Waals surface area contributed by atoms with E-state index in [1.54, 1.807) is 0 Å². The monoisotopic (exact) mass is 251 g/mol. The van der Waals surface area contributed by atoms with Crippen LogP contribution in [0.3, 0.4) is 0 Å². The molecule has 6 heteroatoms. The number of nitrogens with two attached hydrogens (primary N) is 1. The van der Waals surface area contributed by atoms with Crippen LogP contribution in [0, 0.1) is 5.92 Å². The molecule has 0 bridgehead atoms. The van der Waals surface area contributed by atoms with Crippen molar-refractivity contribution in [2.24, 2.45) is 11.7 Å². The molecule has 1 aromatic heterocycles. The second-order valence-electron chi connectivity index (χ2n) is 5.53. The molecule has 1 saturated heterocycles. The Morgan fingerprint density at radius 1 is 1.44 bits per heavy atom. The summed E-state index contributed by atoms with van der Waals surface area (Å²) in [5, 5.41) is 16.6. The number of piperidine rings is 1. The van der Waals surface area contributed by atoms with Crippen molar-refractivity contribution in [3.8, 4) is 0 Å². The molecule has 6 nitrogen and oxygen atoms in total. The average Bonchev–Trinajstić information content (AvgIpc) is 2.84. The van der Waals surface area contributed by atoms with Gasteiger partial charge in [-0.2, -0.15) is 4.98 Å². The van der Waals surface area contributed by atoms with E-state index in [2.05, 4.69) is 20.1 Å². The van der Waals surface area contributed by atoms with Gasteiger partial charge in [0.15, 0.2) is 0 Å². The summed E-state index contributed by atoms with van der Waals surface area (Å²) in [6, 6.07) is 0. The molecule has 1 atom stereocenters. The van der Waals surface area contributed by atoms with Crippen molar-refractivity contribution in [3.05, 3.63) is 5.82 Å². The summed E-state index contributed by atoms with van der Waals surface area (Å²) in [6.07, 6.45) is 3.83. The Morgan fingerprint density at radius 3 is 3.00 bits per heavy atom. The van der Waals surface area contributed by atoms with Gasteiger partial charge in [0, 0.05) is 19.0 Å². The minimum atomic E-state index is -0.153. The molecule has 1 aliphatic heterocycles. The molecule has 0 aromatic carbocycles. The fraction of sp³-hybridized carbons (Fsp3) is 0.833. The molecule has 1 aliphatic carbocycles. The van der Waals surface area contributed by atoms with E-state index in [0.717, 1.165) is 50.7 Å². The van der Waals surface area contributed by atoms with Crippen molar-refractivity contribution >= 4 is 5.95 Å². The highest BCUT2D eigenvalue weighted by molar-refractivity contribution is 5.30. The highest BCUT2D eigenvalue weighted by Gasteiger charge is 2.32. The van der Waals surface area contributed by atoms with Crippen molar-refractivity contribution in [3.63, 3.8) is 0 Å². The summed E-state index contributed by atoms with van der Waals surface area (Å²) in [7, 11) is 0. The zero-order chi connectivity index (χ0) is 12.5. The van der Waals surface area contributed by atoms with E-state index in [1.807, 2.05) is 0 Å². The fourth-order valence-corrected chi connectivity index (χ4v) is 2.84. The number of aliphatic hydroxyl groups excluding tert-OH is 1. The molecule has 1 unspecified atom stereocenters. The van der Waals surface area contributed by atoms with E-state index < -0.39 is 0 Å². The Bertz CT molecular complexity index is 401. The highest BCUT2D eigenvalue weighted by atomic mass is 16.3. The van der Waals surface area contributed by atoms with Gasteiger partial charge < -0.3 is 15.7 Å². The lowest BCUT2D eigenvalue weighted by Crippen LogP contribution is -2.39. The van der Waals surface area contributed by atoms with Gasteiger partial charge in [0.2, 0.25) is 5.95 Å². The molecule has 4 N–H and O–H groups in total. The summed E-state index contributed by atoms with van der Waals surface area (Å²) >= 11 is 0. The Kier molecular flexibility index (Phi) is 3.22. The average molecular weight is 251 g/mol. The molecule has 2 aliphatic rings. The summed E-state index contributed by atoms with van der Waals surface area (Å²) in [4.78, 5) is 6.78. The Hall–Kier alpha value is -1.14. The Morgan fingerprint density at radius 2 is 2.28 bits per heavy atom. The van der Waals surface area contributed by atoms with Crippen LogP contribution < -0.4 is 10.6 Å². The van der Waals surface area contributed by atoms with E-state index in [9.17, 15) is 5.11 Å². The third-order valence-corrected chi connectivity index (χ3v) is 4.13. The van der Waals surface area contributed by atoms with Crippen LogP contribution in [0.15, 0.2) is 0 Å². The number of nitrogens with one attached hydrogen (secondary N) is 1. The molecule has 18 heavy (non-hydrogen) atoms. The number of aromatic amines is 1. The second kappa shape index (κ2) is 4.85. The lowest BCUT2D eigenvalue weighted by Gasteiger charge is -2.31. The minimum Gasteiger partial charge on any atom is -0.393 e. The number of hydrogen-bond acceptors (Lipinski definition) is 5. The molecule has 0 amide bonds. The molecule has 2 heterocycles. The van der Waals surface area contributed by atoms with Crippen LogP contribution in [0.4, 0.5) is 5.95 Å². The molecular formula is C12H21N5O. The highest BCUT2D eigenvalue weighted by Crippen LogP contribution is 2.35. The van der Waals surface area contributed by atoms with E-state index in [-0.39, 0.29) is 6.10 Å². The van der Waals surface area contributed by atoms with Crippen molar-refractivity contribution in [2.45, 2.75) is 37.7 Å². The first-order chi connectivity index (χ1) is 8.76. The first-order valence-electron chi connectivity index (χ1n) is 6.81. The molecule has 2 fully saturated rings. The van der Waals surface area contributed by atoms with Crippen LogP contribution in [0.25, 0.3) is 0 Å². The number of nitrogens with zero attached hydrogens (tertiary/aromatic N) is 3. The SMILES string of the molecule is NCC1CCCN(c2n[nH]c(C3CC(O)C3)n2)C1. The van der Waals surface area contributed by atoms with Gasteiger partial charge in [-0.05, 0) is 38.1 Å². The number of anilines is 1. The molecule has 1 saturated carbocycles. The van der Waals surface area contributed by atoms with Crippen molar-refractivity contribution in [1.29, 1.82) is 0 Å². The molecule has 100 valence electrons. The standard InChI is InChI=1S/C12H21N5O/c13-6-8-2-1-3-17(7-8)12-14-11(15-16-12)9-4-10(18)5-9/h8-10,18H,1-7,13H2,(H,14,15,16). The van der Waals surface area contributed by atoms with E-state index in [0.29, 0.717) is 11.8 Å². The van der Waals surface area contributed by atoms with Crippen LogP contribution in [-0.4, -0.2) is 46.0 Å². The summed E-state index contributed by atoms with van der Waals surface area (Å²) in [5.74, 6) is 2.64. The van der Waals surface area contributed by atoms with Gasteiger partial charge in [-0.15, -0.1) is 5.10 Å². The van der Waals surface area contributed by atoms with Crippen molar-refractivity contribution < 1.29 is 5.11 Å². The Labute approximate surface area is 107 Å². The zero-order valence-electron chi connectivity index (χ0n) is 10.5. The molecular weight excluding hydrogens is 230 g/mol. The maximum atomic E-state index is 9.32. The number of aliphatic hydroxyl groups is 1. The van der Waals surface area contributed by atoms with Gasteiger partial charge >= 0.3 is 0 Å². The van der Waals surface area contributed by atoms with E-state index >= 15 is 0 Å². The van der Waals surface area contributed by atoms with Crippen LogP contribution in [0.1, 0.15) is 37.4 Å². The van der Waals surface area contributed by atoms with E-state index in [1.165, 1.54) is 6.42 Å². The predicted octanol–water partition coefficient (Wildman–Crippen LogP) is 0.218. The largest absolute Gasteiger partial charge is 0.393 e. The summed E-state index contributed by atoms with van der Waals surface area (Å²) in [5.41, 5.74) is 5.74. The number of H-pyrrole nitrogens is 1. The minimum absolute atomic E-state index is 0.153. The van der Waals surface area contributed by atoms with Crippen LogP contribution in [-0.2, 0) is 0 Å². The predicted molar refractivity (Wildman–Crippen MR) is 68.4 cm³/mol. The quantitative estimate of drug-likeness (QED) is 0.715. The third kappa shape index (κ3) is 2.22. The van der Waals surface area contributed by atoms with Gasteiger partial charge in [0.25, 0.3) is 0 Å². The summed E-state index contributed by atoms with van der Waals surface area (Å²) in [6.45, 7) is 2.71. The van der Waals surface area contributed by atoms with E-state index in [4.69, 9.17) is 5.73 Å². The first kappa shape index (κ1) is 11.9. The lowest BCUT2D eigenvalue weighted by molar-refractivity contribution is 0.0718. The van der Waals surface area contributed by atoms with Crippen molar-refractivity contribution in [2.75, 3.05) is 24.5 Å². The van der Waals surface area contributed by atoms with Gasteiger partial charge in [-0.25, -0.2) is 0 Å². The van der Waals surface area contributed by atoms with Gasteiger partial charge in [-0.1, -0.05) is 0 Å². The molecule has 0 spiro atoms. The lowest BCUT2D eigenvalue weighted by atomic mass is 9.82. The zero-order valence-corrected chi connectivity index (χ0v) is 10.5. The van der Waals surface area contributed by atoms with Crippen molar-refractivity contribution in [1.82, 2.24) is 15.2 Å². The number of aromatic nitrogens is 3. The second-order valence-corrected chi connectivity index (χ2v) is 5.53. The van der Waals surface area contributed by atoms with Crippen LogP contribution >= 0.6 is 0 Å². The van der Waals surface area contributed by atoms with Gasteiger partial charge in [0.05, 0.1) is 6.10 Å². The first-order valence-corrected chi connectivity index (χ1v) is 6.81. The van der Waals surface area contributed by atoms with Crippen LogP contribution in [0.2, 0.25) is 0 Å². The Balaban J connectivity index is 1.65. The maximum absolute atomic E-state index is 9.32. The smallest absolute Gasteiger partial charge is 0.244 e.